The van der Waals surface area contributed by atoms with Crippen LogP contribution in [-0.2, 0) is 15.4 Å². The van der Waals surface area contributed by atoms with Gasteiger partial charge in [-0.25, -0.2) is 8.42 Å². The number of rotatable bonds is 6. The van der Waals surface area contributed by atoms with Crippen molar-refractivity contribution in [1.29, 1.82) is 0 Å². The molecular formula is C22H30N2O3S. The summed E-state index contributed by atoms with van der Waals surface area (Å²) in [5.74, 6) is -0.193. The molecule has 0 aliphatic rings. The summed E-state index contributed by atoms with van der Waals surface area (Å²) in [5, 5.41) is 2.99. The summed E-state index contributed by atoms with van der Waals surface area (Å²) in [7, 11) is -3.34. The Morgan fingerprint density at radius 1 is 1.04 bits per heavy atom. The van der Waals surface area contributed by atoms with E-state index in [4.69, 9.17) is 0 Å². The van der Waals surface area contributed by atoms with Crippen LogP contribution in [0.1, 0.15) is 62.1 Å². The highest BCUT2D eigenvalue weighted by Crippen LogP contribution is 2.24. The van der Waals surface area contributed by atoms with E-state index in [1.807, 2.05) is 19.1 Å². The summed E-state index contributed by atoms with van der Waals surface area (Å²) in [6, 6.07) is 14.7. The van der Waals surface area contributed by atoms with Gasteiger partial charge in [0.25, 0.3) is 5.91 Å². The third kappa shape index (κ3) is 5.35. The van der Waals surface area contributed by atoms with E-state index in [0.29, 0.717) is 17.8 Å². The van der Waals surface area contributed by atoms with Crippen LogP contribution in [0.15, 0.2) is 48.5 Å². The quantitative estimate of drug-likeness (QED) is 0.785. The molecule has 28 heavy (non-hydrogen) atoms. The van der Waals surface area contributed by atoms with E-state index in [1.54, 1.807) is 31.2 Å². The van der Waals surface area contributed by atoms with Gasteiger partial charge >= 0.3 is 0 Å². The van der Waals surface area contributed by atoms with Crippen molar-refractivity contribution < 1.29 is 13.2 Å². The van der Waals surface area contributed by atoms with Crippen LogP contribution in [0.4, 0.5) is 5.69 Å². The Balaban J connectivity index is 2.10. The minimum absolute atomic E-state index is 0.0884. The molecule has 1 atom stereocenters. The zero-order valence-corrected chi connectivity index (χ0v) is 18.3. The van der Waals surface area contributed by atoms with Crippen molar-refractivity contribution in [2.45, 2.75) is 46.1 Å². The largest absolute Gasteiger partial charge is 0.346 e. The lowest BCUT2D eigenvalue weighted by molar-refractivity contribution is 0.0940. The second kappa shape index (κ2) is 8.35. The highest BCUT2D eigenvalue weighted by Gasteiger charge is 2.17. The molecule has 152 valence electrons. The first-order valence-electron chi connectivity index (χ1n) is 9.42. The Morgan fingerprint density at radius 2 is 1.57 bits per heavy atom. The van der Waals surface area contributed by atoms with Crippen LogP contribution in [0.2, 0.25) is 0 Å². The maximum absolute atomic E-state index is 12.6. The minimum atomic E-state index is -3.34. The predicted octanol–water partition coefficient (Wildman–Crippen LogP) is 4.26. The number of carbonyl (C=O) groups is 1. The van der Waals surface area contributed by atoms with Crippen LogP contribution in [-0.4, -0.2) is 27.1 Å². The van der Waals surface area contributed by atoms with Gasteiger partial charge in [0.15, 0.2) is 0 Å². The lowest BCUT2D eigenvalue weighted by atomic mass is 9.86. The smallest absolute Gasteiger partial charge is 0.251 e. The molecule has 2 aromatic carbocycles. The monoisotopic (exact) mass is 402 g/mol. The number of amides is 1. The van der Waals surface area contributed by atoms with Gasteiger partial charge in [0.05, 0.1) is 18.0 Å². The van der Waals surface area contributed by atoms with Gasteiger partial charge in [-0.3, -0.25) is 9.10 Å². The van der Waals surface area contributed by atoms with Gasteiger partial charge in [0.2, 0.25) is 10.0 Å². The van der Waals surface area contributed by atoms with E-state index in [2.05, 4.69) is 38.2 Å². The normalized spacial score (nSPS) is 13.1. The Morgan fingerprint density at radius 3 is 2.00 bits per heavy atom. The van der Waals surface area contributed by atoms with E-state index in [0.717, 1.165) is 5.56 Å². The third-order valence-corrected chi connectivity index (χ3v) is 6.00. The fourth-order valence-electron chi connectivity index (χ4n) is 3.02. The molecule has 0 heterocycles. The molecule has 2 rings (SSSR count). The van der Waals surface area contributed by atoms with Crippen LogP contribution < -0.4 is 9.62 Å². The molecule has 5 nitrogen and oxygen atoms in total. The number of benzene rings is 2. The van der Waals surface area contributed by atoms with Crippen molar-refractivity contribution in [3.05, 3.63) is 65.2 Å². The second-order valence-corrected chi connectivity index (χ2v) is 9.95. The first-order valence-corrected chi connectivity index (χ1v) is 11.3. The third-order valence-electron chi connectivity index (χ3n) is 4.73. The van der Waals surface area contributed by atoms with Gasteiger partial charge in [-0.2, -0.15) is 0 Å². The van der Waals surface area contributed by atoms with Crippen molar-refractivity contribution in [3.8, 4) is 0 Å². The molecule has 0 saturated carbocycles. The lowest BCUT2D eigenvalue weighted by Gasteiger charge is -2.21. The van der Waals surface area contributed by atoms with Crippen molar-refractivity contribution in [3.63, 3.8) is 0 Å². The van der Waals surface area contributed by atoms with Gasteiger partial charge in [-0.05, 0) is 54.7 Å². The van der Waals surface area contributed by atoms with E-state index in [1.165, 1.54) is 16.1 Å². The molecule has 0 bridgehead atoms. The highest BCUT2D eigenvalue weighted by atomic mass is 32.2. The van der Waals surface area contributed by atoms with Gasteiger partial charge in [-0.15, -0.1) is 0 Å². The maximum Gasteiger partial charge on any atom is 0.251 e. The number of hydrogen-bond donors (Lipinski definition) is 1. The molecule has 0 fully saturated rings. The summed E-state index contributed by atoms with van der Waals surface area (Å²) in [6.45, 7) is 10.6. The Hall–Kier alpha value is -2.34. The number of carbonyl (C=O) groups excluding carboxylic acids is 1. The average molecular weight is 403 g/mol. The van der Waals surface area contributed by atoms with Crippen LogP contribution in [0.5, 0.6) is 0 Å². The minimum Gasteiger partial charge on any atom is -0.346 e. The number of nitrogens with zero attached hydrogens (tertiary/aromatic N) is 1. The predicted molar refractivity (Wildman–Crippen MR) is 115 cm³/mol. The molecule has 1 amide bonds. The zero-order valence-electron chi connectivity index (χ0n) is 17.5. The Bertz CT molecular complexity index is 912. The van der Waals surface area contributed by atoms with E-state index in [9.17, 15) is 13.2 Å². The molecule has 0 radical (unpaired) electrons. The highest BCUT2D eigenvalue weighted by molar-refractivity contribution is 7.92. The molecular weight excluding hydrogens is 372 g/mol. The molecule has 0 saturated heterocycles. The number of anilines is 1. The molecule has 0 aromatic heterocycles. The standard InChI is InChI=1S/C22H30N2O3S/c1-7-24(28(6,26)27)20-14-10-18(11-15-20)21(25)23-16(2)17-8-12-19(13-9-17)22(3,4)5/h8-16H,7H2,1-6H3,(H,23,25)/t16-/m0/s1. The topological polar surface area (TPSA) is 66.5 Å². The van der Waals surface area contributed by atoms with E-state index < -0.39 is 10.0 Å². The van der Waals surface area contributed by atoms with Crippen LogP contribution in [0.3, 0.4) is 0 Å². The van der Waals surface area contributed by atoms with Gasteiger partial charge < -0.3 is 5.32 Å². The first kappa shape index (κ1) is 22.0. The molecule has 0 aliphatic carbocycles. The number of sulfonamides is 1. The molecule has 2 aromatic rings. The summed E-state index contributed by atoms with van der Waals surface area (Å²) in [5.41, 5.74) is 3.41. The van der Waals surface area contributed by atoms with Gasteiger partial charge in [0.1, 0.15) is 0 Å². The maximum atomic E-state index is 12.6. The fourth-order valence-corrected chi connectivity index (χ4v) is 4.00. The first-order chi connectivity index (χ1) is 12.9. The molecule has 1 N–H and O–H groups in total. The summed E-state index contributed by atoms with van der Waals surface area (Å²) in [6.07, 6.45) is 1.17. The summed E-state index contributed by atoms with van der Waals surface area (Å²) < 4.78 is 24.9. The Labute approximate surface area is 168 Å². The number of nitrogens with one attached hydrogen (secondary N) is 1. The fraction of sp³-hybridized carbons (Fsp3) is 0.409. The molecule has 6 heteroatoms. The van der Waals surface area contributed by atoms with Crippen molar-refractivity contribution in [2.24, 2.45) is 0 Å². The molecule has 0 aliphatic heterocycles. The van der Waals surface area contributed by atoms with E-state index >= 15 is 0 Å². The van der Waals surface area contributed by atoms with E-state index in [-0.39, 0.29) is 17.4 Å². The number of hydrogen-bond acceptors (Lipinski definition) is 3. The molecule has 0 spiro atoms. The molecule has 0 unspecified atom stereocenters. The SMILES string of the molecule is CCN(c1ccc(C(=O)N[C@@H](C)c2ccc(C(C)(C)C)cc2)cc1)S(C)(=O)=O. The van der Waals surface area contributed by atoms with Crippen LogP contribution in [0.25, 0.3) is 0 Å². The Kier molecular flexibility index (Phi) is 6.55. The van der Waals surface area contributed by atoms with Crippen molar-refractivity contribution in [1.82, 2.24) is 5.32 Å². The average Bonchev–Trinajstić information content (AvgIpc) is 2.61. The lowest BCUT2D eigenvalue weighted by Crippen LogP contribution is -2.29. The summed E-state index contributed by atoms with van der Waals surface area (Å²) >= 11 is 0. The van der Waals surface area contributed by atoms with Crippen molar-refractivity contribution >= 4 is 21.6 Å². The van der Waals surface area contributed by atoms with Gasteiger partial charge in [-0.1, -0.05) is 45.0 Å². The van der Waals surface area contributed by atoms with Crippen LogP contribution >= 0.6 is 0 Å². The van der Waals surface area contributed by atoms with Gasteiger partial charge in [0, 0.05) is 12.1 Å². The second-order valence-electron chi connectivity index (χ2n) is 8.04. The van der Waals surface area contributed by atoms with Crippen molar-refractivity contribution in [2.75, 3.05) is 17.1 Å². The van der Waals surface area contributed by atoms with Crippen LogP contribution in [0, 0.1) is 0 Å². The summed E-state index contributed by atoms with van der Waals surface area (Å²) in [4.78, 5) is 12.6. The zero-order chi connectivity index (χ0) is 21.1.